The van der Waals surface area contributed by atoms with E-state index in [0.717, 1.165) is 24.8 Å². The average molecular weight is 274 g/mol. The number of phenolic OH excluding ortho intramolecular Hbond substituents is 1. The van der Waals surface area contributed by atoms with Gasteiger partial charge in [0.15, 0.2) is 0 Å². The molecule has 0 saturated heterocycles. The molecule has 3 heteroatoms. The molecule has 1 aromatic rings. The number of unbranched alkanes of at least 4 members (excludes halogenated alkanes) is 1. The number of hydrogen-bond acceptors (Lipinski definition) is 3. The van der Waals surface area contributed by atoms with Gasteiger partial charge in [0.1, 0.15) is 5.75 Å². The standard InChI is InChI=1S/C17H22O3/c1-12-11-13-14(7-6-8-15(13)18)17(12,2)10-5-4-9-16(19)20-3/h6-8,11,18H,4-5,9-10H2,1-3H3. The van der Waals surface area contributed by atoms with Crippen molar-refractivity contribution in [3.05, 3.63) is 34.9 Å². The Morgan fingerprint density at radius 2 is 2.10 bits per heavy atom. The van der Waals surface area contributed by atoms with Gasteiger partial charge in [-0.1, -0.05) is 37.1 Å². The van der Waals surface area contributed by atoms with Crippen LogP contribution in [-0.4, -0.2) is 18.2 Å². The Morgan fingerprint density at radius 1 is 1.35 bits per heavy atom. The monoisotopic (exact) mass is 274 g/mol. The van der Waals surface area contributed by atoms with Gasteiger partial charge in [0, 0.05) is 17.4 Å². The highest BCUT2D eigenvalue weighted by molar-refractivity contribution is 5.73. The van der Waals surface area contributed by atoms with Crippen LogP contribution < -0.4 is 0 Å². The number of aromatic hydroxyl groups is 1. The number of methoxy groups -OCH3 is 1. The third-order valence-corrected chi connectivity index (χ3v) is 4.44. The van der Waals surface area contributed by atoms with Gasteiger partial charge >= 0.3 is 5.97 Å². The first kappa shape index (κ1) is 14.6. The summed E-state index contributed by atoms with van der Waals surface area (Å²) in [6, 6.07) is 5.71. The molecule has 0 heterocycles. The predicted octanol–water partition coefficient (Wildman–Crippen LogP) is 3.80. The molecule has 0 radical (unpaired) electrons. The Balaban J connectivity index is 2.07. The normalized spacial score (nSPS) is 20.4. The predicted molar refractivity (Wildman–Crippen MR) is 79.6 cm³/mol. The molecule has 1 aromatic carbocycles. The van der Waals surface area contributed by atoms with Crippen molar-refractivity contribution in [1.29, 1.82) is 0 Å². The van der Waals surface area contributed by atoms with E-state index in [2.05, 4.69) is 30.7 Å². The fourth-order valence-electron chi connectivity index (χ4n) is 2.96. The van der Waals surface area contributed by atoms with Gasteiger partial charge in [-0.2, -0.15) is 0 Å². The van der Waals surface area contributed by atoms with Crippen molar-refractivity contribution in [2.24, 2.45) is 0 Å². The molecule has 0 bridgehead atoms. The first-order valence-electron chi connectivity index (χ1n) is 7.07. The molecule has 1 aliphatic carbocycles. The third kappa shape index (κ3) is 2.58. The molecular weight excluding hydrogens is 252 g/mol. The lowest BCUT2D eigenvalue weighted by Crippen LogP contribution is -2.21. The van der Waals surface area contributed by atoms with Gasteiger partial charge in [-0.15, -0.1) is 0 Å². The molecule has 1 atom stereocenters. The summed E-state index contributed by atoms with van der Waals surface area (Å²) in [7, 11) is 1.42. The number of phenols is 1. The Morgan fingerprint density at radius 3 is 2.80 bits per heavy atom. The minimum Gasteiger partial charge on any atom is -0.507 e. The summed E-state index contributed by atoms with van der Waals surface area (Å²) < 4.78 is 4.66. The van der Waals surface area contributed by atoms with Crippen LogP contribution in [0.5, 0.6) is 5.75 Å². The summed E-state index contributed by atoms with van der Waals surface area (Å²) in [6.45, 7) is 4.32. The van der Waals surface area contributed by atoms with Crippen molar-refractivity contribution in [3.63, 3.8) is 0 Å². The van der Waals surface area contributed by atoms with Crippen LogP contribution in [0, 0.1) is 0 Å². The number of fused-ring (bicyclic) bond motifs is 1. The third-order valence-electron chi connectivity index (χ3n) is 4.44. The number of esters is 1. The summed E-state index contributed by atoms with van der Waals surface area (Å²) in [5.41, 5.74) is 3.37. The summed E-state index contributed by atoms with van der Waals surface area (Å²) in [5.74, 6) is 0.201. The Labute approximate surface area is 120 Å². The van der Waals surface area contributed by atoms with Gasteiger partial charge in [-0.05, 0) is 31.4 Å². The number of ether oxygens (including phenoxy) is 1. The molecule has 3 nitrogen and oxygen atoms in total. The van der Waals surface area contributed by atoms with E-state index in [1.54, 1.807) is 6.07 Å². The van der Waals surface area contributed by atoms with Gasteiger partial charge < -0.3 is 9.84 Å². The number of carbonyl (C=O) groups excluding carboxylic acids is 1. The van der Waals surface area contributed by atoms with E-state index in [1.165, 1.54) is 18.2 Å². The maximum atomic E-state index is 11.1. The largest absolute Gasteiger partial charge is 0.507 e. The maximum absolute atomic E-state index is 11.1. The van der Waals surface area contributed by atoms with Crippen LogP contribution in [0.3, 0.4) is 0 Å². The van der Waals surface area contributed by atoms with Crippen molar-refractivity contribution in [2.75, 3.05) is 7.11 Å². The molecule has 0 saturated carbocycles. The van der Waals surface area contributed by atoms with Gasteiger partial charge in [-0.3, -0.25) is 4.79 Å². The first-order valence-corrected chi connectivity index (χ1v) is 7.07. The SMILES string of the molecule is COC(=O)CCCCC1(C)C(C)=Cc2c(O)cccc21. The van der Waals surface area contributed by atoms with Crippen molar-refractivity contribution in [2.45, 2.75) is 44.9 Å². The molecule has 20 heavy (non-hydrogen) atoms. The topological polar surface area (TPSA) is 46.5 Å². The van der Waals surface area contributed by atoms with Crippen LogP contribution in [0.25, 0.3) is 6.08 Å². The highest BCUT2D eigenvalue weighted by Gasteiger charge is 2.35. The van der Waals surface area contributed by atoms with E-state index in [0.29, 0.717) is 12.2 Å². The minimum absolute atomic E-state index is 0.0375. The second-order valence-electron chi connectivity index (χ2n) is 5.68. The second-order valence-corrected chi connectivity index (χ2v) is 5.68. The molecule has 1 N–H and O–H groups in total. The molecule has 0 amide bonds. The van der Waals surface area contributed by atoms with Crippen LogP contribution in [-0.2, 0) is 14.9 Å². The second kappa shape index (κ2) is 5.70. The zero-order valence-corrected chi connectivity index (χ0v) is 12.4. The van der Waals surface area contributed by atoms with Crippen LogP contribution >= 0.6 is 0 Å². The van der Waals surface area contributed by atoms with E-state index >= 15 is 0 Å². The van der Waals surface area contributed by atoms with Gasteiger partial charge in [0.25, 0.3) is 0 Å². The fourth-order valence-corrected chi connectivity index (χ4v) is 2.96. The smallest absolute Gasteiger partial charge is 0.305 e. The van der Waals surface area contributed by atoms with Gasteiger partial charge in [0.2, 0.25) is 0 Å². The fraction of sp³-hybridized carbons (Fsp3) is 0.471. The molecular formula is C17H22O3. The number of carbonyl (C=O) groups is 1. The lowest BCUT2D eigenvalue weighted by atomic mass is 9.75. The van der Waals surface area contributed by atoms with E-state index in [-0.39, 0.29) is 11.4 Å². The van der Waals surface area contributed by atoms with Crippen molar-refractivity contribution >= 4 is 12.0 Å². The maximum Gasteiger partial charge on any atom is 0.305 e. The van der Waals surface area contributed by atoms with E-state index in [4.69, 9.17) is 0 Å². The van der Waals surface area contributed by atoms with Crippen molar-refractivity contribution in [3.8, 4) is 5.75 Å². The molecule has 2 rings (SSSR count). The van der Waals surface area contributed by atoms with Gasteiger partial charge in [0.05, 0.1) is 7.11 Å². The molecule has 1 aliphatic rings. The quantitative estimate of drug-likeness (QED) is 0.656. The molecule has 0 aromatic heterocycles. The molecule has 0 spiro atoms. The number of allylic oxidation sites excluding steroid dienone is 1. The molecule has 108 valence electrons. The van der Waals surface area contributed by atoms with E-state index in [1.807, 2.05) is 6.07 Å². The first-order chi connectivity index (χ1) is 9.49. The highest BCUT2D eigenvalue weighted by atomic mass is 16.5. The Hall–Kier alpha value is -1.77. The van der Waals surface area contributed by atoms with Crippen LogP contribution in [0.1, 0.15) is 50.7 Å². The molecule has 0 aliphatic heterocycles. The average Bonchev–Trinajstić information content (AvgIpc) is 2.69. The zero-order valence-electron chi connectivity index (χ0n) is 12.4. The summed E-state index contributed by atoms with van der Waals surface area (Å²) >= 11 is 0. The van der Waals surface area contributed by atoms with Crippen LogP contribution in [0.2, 0.25) is 0 Å². The zero-order chi connectivity index (χ0) is 14.8. The lowest BCUT2D eigenvalue weighted by Gasteiger charge is -2.28. The number of rotatable bonds is 5. The van der Waals surface area contributed by atoms with Crippen LogP contribution in [0.4, 0.5) is 0 Å². The molecule has 0 fully saturated rings. The highest BCUT2D eigenvalue weighted by Crippen LogP contribution is 2.47. The Bertz CT molecular complexity index is 545. The number of hydrogen-bond donors (Lipinski definition) is 1. The van der Waals surface area contributed by atoms with Crippen LogP contribution in [0.15, 0.2) is 23.8 Å². The van der Waals surface area contributed by atoms with Crippen molar-refractivity contribution in [1.82, 2.24) is 0 Å². The minimum atomic E-state index is -0.146. The van der Waals surface area contributed by atoms with E-state index in [9.17, 15) is 9.90 Å². The molecule has 1 unspecified atom stereocenters. The Kier molecular flexibility index (Phi) is 4.17. The number of benzene rings is 1. The summed E-state index contributed by atoms with van der Waals surface area (Å²) in [4.78, 5) is 11.1. The van der Waals surface area contributed by atoms with E-state index < -0.39 is 0 Å². The summed E-state index contributed by atoms with van der Waals surface area (Å²) in [5, 5.41) is 9.95. The van der Waals surface area contributed by atoms with Crippen molar-refractivity contribution < 1.29 is 14.6 Å². The van der Waals surface area contributed by atoms with Gasteiger partial charge in [-0.25, -0.2) is 0 Å². The lowest BCUT2D eigenvalue weighted by molar-refractivity contribution is -0.140. The summed E-state index contributed by atoms with van der Waals surface area (Å²) in [6.07, 6.45) is 5.32.